The molecule has 5 heteroatoms. The van der Waals surface area contributed by atoms with Crippen LogP contribution in [0, 0.1) is 11.8 Å². The molecule has 2 heterocycles. The normalized spacial score (nSPS) is 20.7. The van der Waals surface area contributed by atoms with E-state index in [2.05, 4.69) is 35.2 Å². The molecule has 2 aliphatic rings. The zero-order valence-corrected chi connectivity index (χ0v) is 17.3. The van der Waals surface area contributed by atoms with Gasteiger partial charge in [-0.2, -0.15) is 0 Å². The van der Waals surface area contributed by atoms with Crippen LogP contribution in [-0.4, -0.2) is 60.5 Å². The van der Waals surface area contributed by atoms with Crippen LogP contribution in [0.25, 0.3) is 0 Å². The number of amides is 1. The smallest absolute Gasteiger partial charge is 0.309 e. The lowest BCUT2D eigenvalue weighted by Gasteiger charge is -2.39. The standard InChI is InChI=1S/C23H34N2O3/c1-3-28-23(27)21-11-15-24(16-12-21)18(2)22(26)25-13-9-20(10-14-25)17-19-7-5-4-6-8-19/h4-8,18,20-21H,3,9-17H2,1-2H3. The highest BCUT2D eigenvalue weighted by atomic mass is 16.5. The Hall–Kier alpha value is -1.88. The van der Waals surface area contributed by atoms with Crippen molar-refractivity contribution in [3.63, 3.8) is 0 Å². The summed E-state index contributed by atoms with van der Waals surface area (Å²) in [5.74, 6) is 0.823. The first-order valence-corrected chi connectivity index (χ1v) is 10.8. The van der Waals surface area contributed by atoms with Crippen LogP contribution in [0.1, 0.15) is 45.1 Å². The highest BCUT2D eigenvalue weighted by Crippen LogP contribution is 2.24. The van der Waals surface area contributed by atoms with Gasteiger partial charge in [0.15, 0.2) is 0 Å². The Morgan fingerprint density at radius 1 is 1.04 bits per heavy atom. The van der Waals surface area contributed by atoms with Gasteiger partial charge in [0.2, 0.25) is 5.91 Å². The fraction of sp³-hybridized carbons (Fsp3) is 0.652. The van der Waals surface area contributed by atoms with Crippen LogP contribution in [0.15, 0.2) is 30.3 Å². The number of rotatable bonds is 6. The van der Waals surface area contributed by atoms with Gasteiger partial charge in [0.05, 0.1) is 18.6 Å². The Bertz CT molecular complexity index is 633. The van der Waals surface area contributed by atoms with E-state index in [-0.39, 0.29) is 23.8 Å². The molecule has 2 fully saturated rings. The maximum atomic E-state index is 13.0. The summed E-state index contributed by atoms with van der Waals surface area (Å²) in [7, 11) is 0. The van der Waals surface area contributed by atoms with Crippen LogP contribution >= 0.6 is 0 Å². The number of carbonyl (C=O) groups is 2. The zero-order valence-electron chi connectivity index (χ0n) is 17.3. The second-order valence-electron chi connectivity index (χ2n) is 8.20. The lowest BCUT2D eigenvalue weighted by molar-refractivity contribution is -0.150. The van der Waals surface area contributed by atoms with Crippen LogP contribution in [0.5, 0.6) is 0 Å². The topological polar surface area (TPSA) is 49.9 Å². The van der Waals surface area contributed by atoms with Gasteiger partial charge in [0.1, 0.15) is 0 Å². The first-order valence-electron chi connectivity index (χ1n) is 10.8. The first kappa shape index (κ1) is 20.8. The summed E-state index contributed by atoms with van der Waals surface area (Å²) in [5.41, 5.74) is 1.39. The van der Waals surface area contributed by atoms with Crippen molar-refractivity contribution in [2.75, 3.05) is 32.8 Å². The summed E-state index contributed by atoms with van der Waals surface area (Å²) >= 11 is 0. The Morgan fingerprint density at radius 3 is 2.29 bits per heavy atom. The van der Waals surface area contributed by atoms with Gasteiger partial charge < -0.3 is 9.64 Å². The van der Waals surface area contributed by atoms with Crippen LogP contribution in [0.3, 0.4) is 0 Å². The molecule has 1 unspecified atom stereocenters. The van der Waals surface area contributed by atoms with E-state index < -0.39 is 0 Å². The molecule has 0 aliphatic carbocycles. The summed E-state index contributed by atoms with van der Waals surface area (Å²) in [6, 6.07) is 10.5. The molecule has 1 atom stereocenters. The molecule has 0 spiro atoms. The largest absolute Gasteiger partial charge is 0.466 e. The molecule has 0 N–H and O–H groups in total. The SMILES string of the molecule is CCOC(=O)C1CCN(C(C)C(=O)N2CCC(Cc3ccccc3)CC2)CC1. The van der Waals surface area contributed by atoms with Gasteiger partial charge in [-0.3, -0.25) is 14.5 Å². The van der Waals surface area contributed by atoms with Gasteiger partial charge in [0, 0.05) is 13.1 Å². The van der Waals surface area contributed by atoms with E-state index in [1.54, 1.807) is 0 Å². The van der Waals surface area contributed by atoms with Crippen LogP contribution in [0.2, 0.25) is 0 Å². The number of ether oxygens (including phenoxy) is 1. The van der Waals surface area contributed by atoms with Crippen molar-refractivity contribution >= 4 is 11.9 Å². The minimum Gasteiger partial charge on any atom is -0.466 e. The number of hydrogen-bond donors (Lipinski definition) is 0. The predicted octanol–water partition coefficient (Wildman–Crippen LogP) is 3.13. The van der Waals surface area contributed by atoms with Gasteiger partial charge >= 0.3 is 5.97 Å². The molecule has 2 saturated heterocycles. The molecule has 0 bridgehead atoms. The van der Waals surface area contributed by atoms with Crippen molar-refractivity contribution in [1.82, 2.24) is 9.80 Å². The van der Waals surface area contributed by atoms with E-state index in [0.717, 1.165) is 58.3 Å². The minimum absolute atomic E-state index is 0.00719. The van der Waals surface area contributed by atoms with Gasteiger partial charge in [0.25, 0.3) is 0 Å². The summed E-state index contributed by atoms with van der Waals surface area (Å²) in [5, 5.41) is 0. The number of esters is 1. The molecular formula is C23H34N2O3. The van der Waals surface area contributed by atoms with E-state index in [4.69, 9.17) is 4.74 Å². The van der Waals surface area contributed by atoms with Crippen molar-refractivity contribution in [2.24, 2.45) is 11.8 Å². The van der Waals surface area contributed by atoms with Crippen LogP contribution < -0.4 is 0 Å². The summed E-state index contributed by atoms with van der Waals surface area (Å²) < 4.78 is 5.14. The fourth-order valence-electron chi connectivity index (χ4n) is 4.51. The Kier molecular flexibility index (Phi) is 7.49. The second kappa shape index (κ2) is 10.1. The molecule has 3 rings (SSSR count). The second-order valence-corrected chi connectivity index (χ2v) is 8.20. The Morgan fingerprint density at radius 2 is 1.68 bits per heavy atom. The molecule has 1 amide bonds. The van der Waals surface area contributed by atoms with Crippen LogP contribution in [-0.2, 0) is 20.7 Å². The summed E-state index contributed by atoms with van der Waals surface area (Å²) in [4.78, 5) is 29.2. The number of nitrogens with zero attached hydrogens (tertiary/aromatic N) is 2. The maximum Gasteiger partial charge on any atom is 0.309 e. The van der Waals surface area contributed by atoms with E-state index in [0.29, 0.717) is 12.5 Å². The lowest BCUT2D eigenvalue weighted by atomic mass is 9.90. The molecular weight excluding hydrogens is 352 g/mol. The first-order chi connectivity index (χ1) is 13.6. The zero-order chi connectivity index (χ0) is 19.9. The molecule has 0 radical (unpaired) electrons. The third-order valence-corrected chi connectivity index (χ3v) is 6.35. The minimum atomic E-state index is -0.103. The maximum absolute atomic E-state index is 13.0. The highest BCUT2D eigenvalue weighted by Gasteiger charge is 2.33. The van der Waals surface area contributed by atoms with E-state index in [1.165, 1.54) is 5.56 Å². The monoisotopic (exact) mass is 386 g/mol. The predicted molar refractivity (Wildman–Crippen MR) is 110 cm³/mol. The molecule has 5 nitrogen and oxygen atoms in total. The number of carbonyl (C=O) groups excluding carboxylic acids is 2. The number of piperidine rings is 2. The molecule has 2 aliphatic heterocycles. The Labute approximate surface area is 169 Å². The summed E-state index contributed by atoms with van der Waals surface area (Å²) in [6.07, 6.45) is 4.85. The number of benzene rings is 1. The third-order valence-electron chi connectivity index (χ3n) is 6.35. The fourth-order valence-corrected chi connectivity index (χ4v) is 4.51. The van der Waals surface area contributed by atoms with Gasteiger partial charge in [-0.1, -0.05) is 30.3 Å². The molecule has 0 aromatic heterocycles. The lowest BCUT2D eigenvalue weighted by Crippen LogP contribution is -2.52. The van der Waals surface area contributed by atoms with Gasteiger partial charge in [-0.25, -0.2) is 0 Å². The molecule has 0 saturated carbocycles. The molecule has 1 aromatic rings. The van der Waals surface area contributed by atoms with Gasteiger partial charge in [-0.15, -0.1) is 0 Å². The van der Waals surface area contributed by atoms with Crippen molar-refractivity contribution in [3.05, 3.63) is 35.9 Å². The molecule has 1 aromatic carbocycles. The Balaban J connectivity index is 1.43. The molecule has 154 valence electrons. The average Bonchev–Trinajstić information content (AvgIpc) is 2.74. The van der Waals surface area contributed by atoms with Crippen LogP contribution in [0.4, 0.5) is 0 Å². The molecule has 28 heavy (non-hydrogen) atoms. The number of hydrogen-bond acceptors (Lipinski definition) is 4. The average molecular weight is 387 g/mol. The van der Waals surface area contributed by atoms with Crippen molar-refractivity contribution in [3.8, 4) is 0 Å². The van der Waals surface area contributed by atoms with E-state index >= 15 is 0 Å². The van der Waals surface area contributed by atoms with E-state index in [9.17, 15) is 9.59 Å². The van der Waals surface area contributed by atoms with Gasteiger partial charge in [-0.05, 0) is 70.5 Å². The van der Waals surface area contributed by atoms with Crippen molar-refractivity contribution in [2.45, 2.75) is 52.0 Å². The third kappa shape index (κ3) is 5.34. The summed E-state index contributed by atoms with van der Waals surface area (Å²) in [6.45, 7) is 7.61. The highest BCUT2D eigenvalue weighted by molar-refractivity contribution is 5.81. The number of likely N-dealkylation sites (tertiary alicyclic amines) is 2. The van der Waals surface area contributed by atoms with Crippen molar-refractivity contribution < 1.29 is 14.3 Å². The van der Waals surface area contributed by atoms with E-state index in [1.807, 2.05) is 18.7 Å². The quantitative estimate of drug-likeness (QED) is 0.705. The van der Waals surface area contributed by atoms with Crippen molar-refractivity contribution in [1.29, 1.82) is 0 Å².